The second kappa shape index (κ2) is 7.90. The molecule has 0 spiro atoms. The highest BCUT2D eigenvalue weighted by Gasteiger charge is 2.39. The highest BCUT2D eigenvalue weighted by atomic mass is 16.3. The van der Waals surface area contributed by atoms with E-state index in [9.17, 15) is 9.90 Å². The Labute approximate surface area is 142 Å². The summed E-state index contributed by atoms with van der Waals surface area (Å²) in [7, 11) is 0. The molecule has 1 aromatic rings. The molecule has 132 valence electrons. The molecule has 1 saturated heterocycles. The quantitative estimate of drug-likeness (QED) is 0.614. The van der Waals surface area contributed by atoms with Gasteiger partial charge in [-0.25, -0.2) is 9.97 Å². The zero-order valence-electron chi connectivity index (χ0n) is 14.2. The molecule has 0 aromatic carbocycles. The first kappa shape index (κ1) is 17.1. The van der Waals surface area contributed by atoms with Crippen LogP contribution in [0.2, 0.25) is 0 Å². The van der Waals surface area contributed by atoms with Gasteiger partial charge in [0.05, 0.1) is 11.7 Å². The van der Waals surface area contributed by atoms with E-state index < -0.39 is 0 Å². The average Bonchev–Trinajstić information content (AvgIpc) is 2.59. The molecule has 1 aromatic heterocycles. The van der Waals surface area contributed by atoms with Crippen LogP contribution in [0.25, 0.3) is 0 Å². The molecule has 7 heteroatoms. The van der Waals surface area contributed by atoms with Gasteiger partial charge in [-0.05, 0) is 57.5 Å². The summed E-state index contributed by atoms with van der Waals surface area (Å²) in [5.41, 5.74) is 0.482. The Balaban J connectivity index is 1.65. The Morgan fingerprint density at radius 2 is 1.96 bits per heavy atom. The minimum atomic E-state index is -0.209. The van der Waals surface area contributed by atoms with Crippen LogP contribution >= 0.6 is 0 Å². The lowest BCUT2D eigenvalue weighted by Gasteiger charge is -2.43. The van der Waals surface area contributed by atoms with E-state index in [0.29, 0.717) is 23.3 Å². The monoisotopic (exact) mass is 333 g/mol. The van der Waals surface area contributed by atoms with Crippen molar-refractivity contribution >= 4 is 11.9 Å². The van der Waals surface area contributed by atoms with Crippen LogP contribution in [0.4, 0.5) is 5.95 Å². The summed E-state index contributed by atoms with van der Waals surface area (Å²) in [6.45, 7) is 4.70. The molecular formula is C17H27N5O2. The Morgan fingerprint density at radius 1 is 1.29 bits per heavy atom. The van der Waals surface area contributed by atoms with Gasteiger partial charge in [-0.1, -0.05) is 0 Å². The molecule has 4 N–H and O–H groups in total. The molecule has 1 aliphatic carbocycles. The summed E-state index contributed by atoms with van der Waals surface area (Å²) in [4.78, 5) is 20.9. The maximum atomic E-state index is 12.6. The first-order valence-electron chi connectivity index (χ1n) is 8.93. The van der Waals surface area contributed by atoms with E-state index in [2.05, 4.69) is 25.9 Å². The largest absolute Gasteiger partial charge is 0.393 e. The highest BCUT2D eigenvalue weighted by molar-refractivity contribution is 5.93. The Hall–Kier alpha value is -1.73. The third kappa shape index (κ3) is 4.02. The van der Waals surface area contributed by atoms with Gasteiger partial charge in [0.15, 0.2) is 0 Å². The van der Waals surface area contributed by atoms with Gasteiger partial charge in [0.1, 0.15) is 0 Å². The zero-order chi connectivity index (χ0) is 16.9. The van der Waals surface area contributed by atoms with Crippen molar-refractivity contribution in [1.29, 1.82) is 0 Å². The van der Waals surface area contributed by atoms with E-state index in [1.165, 1.54) is 0 Å². The maximum absolute atomic E-state index is 12.6. The van der Waals surface area contributed by atoms with Crippen molar-refractivity contribution < 1.29 is 9.90 Å². The number of aliphatic hydroxyl groups excluding tert-OH is 1. The Morgan fingerprint density at radius 3 is 2.54 bits per heavy atom. The van der Waals surface area contributed by atoms with Crippen LogP contribution in [-0.2, 0) is 0 Å². The third-order valence-electron chi connectivity index (χ3n) is 5.10. The molecule has 2 heterocycles. The third-order valence-corrected chi connectivity index (χ3v) is 5.10. The molecule has 1 saturated carbocycles. The molecule has 1 aliphatic heterocycles. The van der Waals surface area contributed by atoms with Crippen molar-refractivity contribution in [1.82, 2.24) is 20.6 Å². The van der Waals surface area contributed by atoms with Crippen LogP contribution in [0.15, 0.2) is 12.4 Å². The first-order valence-corrected chi connectivity index (χ1v) is 8.93. The van der Waals surface area contributed by atoms with Gasteiger partial charge < -0.3 is 21.1 Å². The Kier molecular flexibility index (Phi) is 5.63. The number of carbonyl (C=O) groups excluding carboxylic acids is 1. The van der Waals surface area contributed by atoms with Crippen molar-refractivity contribution in [3.05, 3.63) is 18.0 Å². The molecule has 3 rings (SSSR count). The first-order chi connectivity index (χ1) is 11.7. The number of nitrogens with zero attached hydrogens (tertiary/aromatic N) is 2. The van der Waals surface area contributed by atoms with Gasteiger partial charge in [0, 0.05) is 25.0 Å². The number of aromatic nitrogens is 2. The molecule has 0 radical (unpaired) electrons. The van der Waals surface area contributed by atoms with E-state index in [4.69, 9.17) is 0 Å². The van der Waals surface area contributed by atoms with Gasteiger partial charge in [0.25, 0.3) is 5.91 Å². The molecular weight excluding hydrogens is 306 g/mol. The number of hydrogen-bond acceptors (Lipinski definition) is 6. The number of hydrogen-bond donors (Lipinski definition) is 4. The van der Waals surface area contributed by atoms with Gasteiger partial charge >= 0.3 is 0 Å². The zero-order valence-corrected chi connectivity index (χ0v) is 14.2. The number of rotatable bonds is 6. The van der Waals surface area contributed by atoms with Gasteiger partial charge in [0.2, 0.25) is 5.95 Å². The summed E-state index contributed by atoms with van der Waals surface area (Å²) in [5, 5.41) is 19.2. The Bertz CT molecular complexity index is 538. The number of piperidine rings is 1. The summed E-state index contributed by atoms with van der Waals surface area (Å²) in [6, 6.07) is 0.122. The fourth-order valence-corrected chi connectivity index (χ4v) is 3.68. The lowest BCUT2D eigenvalue weighted by atomic mass is 9.71. The molecule has 2 fully saturated rings. The normalized spacial score (nSPS) is 25.6. The van der Waals surface area contributed by atoms with E-state index in [-0.39, 0.29) is 18.1 Å². The second-order valence-electron chi connectivity index (χ2n) is 6.80. The van der Waals surface area contributed by atoms with Crippen LogP contribution in [0, 0.1) is 11.8 Å². The SMILES string of the molecule is CCNc1ncc(C(=O)N[C@@H](C2CCNCC2)C2CC(O)C2)cn1. The molecule has 24 heavy (non-hydrogen) atoms. The van der Waals surface area contributed by atoms with Crippen LogP contribution in [0.1, 0.15) is 43.0 Å². The number of carbonyl (C=O) groups is 1. The molecule has 1 amide bonds. The van der Waals surface area contributed by atoms with Crippen molar-refractivity contribution in [3.8, 4) is 0 Å². The van der Waals surface area contributed by atoms with Crippen molar-refractivity contribution in [2.24, 2.45) is 11.8 Å². The molecule has 2 aliphatic rings. The lowest BCUT2D eigenvalue weighted by molar-refractivity contribution is 0.00918. The summed E-state index contributed by atoms with van der Waals surface area (Å²) >= 11 is 0. The fraction of sp³-hybridized carbons (Fsp3) is 0.706. The molecule has 0 unspecified atom stereocenters. The van der Waals surface area contributed by atoms with Gasteiger partial charge in [-0.3, -0.25) is 4.79 Å². The number of nitrogens with one attached hydrogen (secondary N) is 3. The van der Waals surface area contributed by atoms with Crippen LogP contribution in [-0.4, -0.2) is 52.8 Å². The van der Waals surface area contributed by atoms with E-state index >= 15 is 0 Å². The number of amides is 1. The summed E-state index contributed by atoms with van der Waals surface area (Å²) in [6.07, 6.45) is 6.61. The molecule has 7 nitrogen and oxygen atoms in total. The number of anilines is 1. The molecule has 0 bridgehead atoms. The summed E-state index contributed by atoms with van der Waals surface area (Å²) in [5.74, 6) is 1.25. The maximum Gasteiger partial charge on any atom is 0.254 e. The molecule has 1 atom stereocenters. The minimum Gasteiger partial charge on any atom is -0.393 e. The van der Waals surface area contributed by atoms with E-state index in [1.807, 2.05) is 6.92 Å². The van der Waals surface area contributed by atoms with E-state index in [1.54, 1.807) is 12.4 Å². The van der Waals surface area contributed by atoms with Crippen molar-refractivity contribution in [2.45, 2.75) is 44.8 Å². The van der Waals surface area contributed by atoms with Gasteiger partial charge in [-0.15, -0.1) is 0 Å². The second-order valence-corrected chi connectivity index (χ2v) is 6.80. The van der Waals surface area contributed by atoms with Crippen LogP contribution in [0.5, 0.6) is 0 Å². The van der Waals surface area contributed by atoms with Crippen LogP contribution in [0.3, 0.4) is 0 Å². The average molecular weight is 333 g/mol. The summed E-state index contributed by atoms with van der Waals surface area (Å²) < 4.78 is 0. The fourth-order valence-electron chi connectivity index (χ4n) is 3.68. The lowest BCUT2D eigenvalue weighted by Crippen LogP contribution is -2.52. The van der Waals surface area contributed by atoms with Crippen LogP contribution < -0.4 is 16.0 Å². The van der Waals surface area contributed by atoms with E-state index in [0.717, 1.165) is 45.3 Å². The standard InChI is InChI=1S/C17H27N5O2/c1-2-19-17-20-9-13(10-21-17)16(24)22-15(12-7-14(23)8-12)11-3-5-18-6-4-11/h9-12,14-15,18,23H,2-8H2,1H3,(H,22,24)(H,19,20,21)/t12?,14?,15-/m0/s1. The topological polar surface area (TPSA) is 99.2 Å². The van der Waals surface area contributed by atoms with Crippen molar-refractivity contribution in [3.63, 3.8) is 0 Å². The van der Waals surface area contributed by atoms with Gasteiger partial charge in [-0.2, -0.15) is 0 Å². The number of aliphatic hydroxyl groups is 1. The minimum absolute atomic E-state index is 0.122. The predicted molar refractivity (Wildman–Crippen MR) is 91.8 cm³/mol. The van der Waals surface area contributed by atoms with Crippen molar-refractivity contribution in [2.75, 3.05) is 25.0 Å². The predicted octanol–water partition coefficient (Wildman–Crippen LogP) is 0.777. The highest BCUT2D eigenvalue weighted by Crippen LogP contribution is 2.35. The smallest absolute Gasteiger partial charge is 0.254 e.